The first-order valence-electron chi connectivity index (χ1n) is 6.19. The summed E-state index contributed by atoms with van der Waals surface area (Å²) in [6, 6.07) is 5.61. The molecule has 1 aromatic carbocycles. The molecule has 1 aliphatic carbocycles. The third-order valence-corrected chi connectivity index (χ3v) is 3.40. The average molecular weight is 234 g/mol. The number of nitrogens with zero attached hydrogens (tertiary/aromatic N) is 1. The van der Waals surface area contributed by atoms with Crippen molar-refractivity contribution in [1.29, 1.82) is 0 Å². The summed E-state index contributed by atoms with van der Waals surface area (Å²) in [6.45, 7) is 1.91. The summed E-state index contributed by atoms with van der Waals surface area (Å²) >= 11 is 0. The van der Waals surface area contributed by atoms with Crippen LogP contribution < -0.4 is 5.32 Å². The van der Waals surface area contributed by atoms with Gasteiger partial charge in [0.25, 0.3) is 5.69 Å². The van der Waals surface area contributed by atoms with Crippen LogP contribution in [0.1, 0.15) is 37.7 Å². The van der Waals surface area contributed by atoms with Crippen LogP contribution in [-0.2, 0) is 0 Å². The normalized spacial score (nSPS) is 16.8. The third-order valence-electron chi connectivity index (χ3n) is 3.40. The summed E-state index contributed by atoms with van der Waals surface area (Å²) in [5, 5.41) is 14.3. The Balaban J connectivity index is 2.21. The Morgan fingerprint density at radius 3 is 2.65 bits per heavy atom. The zero-order valence-corrected chi connectivity index (χ0v) is 10.1. The Hall–Kier alpha value is -1.58. The van der Waals surface area contributed by atoms with Gasteiger partial charge in [-0.25, -0.2) is 0 Å². The van der Waals surface area contributed by atoms with Crippen LogP contribution in [0, 0.1) is 17.0 Å². The summed E-state index contributed by atoms with van der Waals surface area (Å²) in [5.74, 6) is 0. The summed E-state index contributed by atoms with van der Waals surface area (Å²) in [7, 11) is 0. The zero-order valence-electron chi connectivity index (χ0n) is 10.1. The molecule has 4 nitrogen and oxygen atoms in total. The van der Waals surface area contributed by atoms with Crippen LogP contribution in [0.4, 0.5) is 11.4 Å². The number of nitro benzene ring substituents is 1. The molecule has 0 unspecified atom stereocenters. The quantitative estimate of drug-likeness (QED) is 0.641. The second-order valence-corrected chi connectivity index (χ2v) is 4.71. The predicted octanol–water partition coefficient (Wildman–Crippen LogP) is 3.65. The molecule has 0 atom stereocenters. The fraction of sp³-hybridized carbons (Fsp3) is 0.538. The van der Waals surface area contributed by atoms with E-state index in [9.17, 15) is 10.1 Å². The van der Waals surface area contributed by atoms with Gasteiger partial charge in [-0.3, -0.25) is 10.1 Å². The molecule has 1 fully saturated rings. The van der Waals surface area contributed by atoms with Crippen molar-refractivity contribution in [3.05, 3.63) is 33.9 Å². The lowest BCUT2D eigenvalue weighted by Crippen LogP contribution is -2.23. The van der Waals surface area contributed by atoms with E-state index in [-0.39, 0.29) is 10.6 Å². The van der Waals surface area contributed by atoms with E-state index in [0.29, 0.717) is 11.7 Å². The van der Waals surface area contributed by atoms with E-state index in [1.54, 1.807) is 12.1 Å². The second kappa shape index (κ2) is 5.17. The van der Waals surface area contributed by atoms with Gasteiger partial charge < -0.3 is 5.32 Å². The molecular weight excluding hydrogens is 216 g/mol. The molecule has 4 heteroatoms. The van der Waals surface area contributed by atoms with Gasteiger partial charge in [-0.15, -0.1) is 0 Å². The van der Waals surface area contributed by atoms with Gasteiger partial charge in [-0.1, -0.05) is 31.4 Å². The molecule has 2 rings (SSSR count). The van der Waals surface area contributed by atoms with Crippen LogP contribution >= 0.6 is 0 Å². The second-order valence-electron chi connectivity index (χ2n) is 4.71. The van der Waals surface area contributed by atoms with Crippen molar-refractivity contribution in [2.24, 2.45) is 0 Å². The number of aryl methyl sites for hydroxylation is 1. The molecule has 1 aliphatic rings. The number of nitrogens with one attached hydrogen (secondary N) is 1. The van der Waals surface area contributed by atoms with E-state index in [4.69, 9.17) is 0 Å². The Labute approximate surface area is 101 Å². The van der Waals surface area contributed by atoms with Crippen molar-refractivity contribution in [3.63, 3.8) is 0 Å². The van der Waals surface area contributed by atoms with Gasteiger partial charge >= 0.3 is 0 Å². The molecule has 0 radical (unpaired) electrons. The van der Waals surface area contributed by atoms with E-state index < -0.39 is 0 Å². The number of hydrogen-bond donors (Lipinski definition) is 1. The highest BCUT2D eigenvalue weighted by atomic mass is 16.6. The van der Waals surface area contributed by atoms with Crippen molar-refractivity contribution in [2.45, 2.75) is 45.1 Å². The Morgan fingerprint density at radius 2 is 2.00 bits per heavy atom. The van der Waals surface area contributed by atoms with Gasteiger partial charge in [0.05, 0.1) is 4.92 Å². The Kier molecular flexibility index (Phi) is 3.61. The summed E-state index contributed by atoms with van der Waals surface area (Å²) in [4.78, 5) is 10.7. The monoisotopic (exact) mass is 234 g/mol. The minimum atomic E-state index is -0.307. The summed E-state index contributed by atoms with van der Waals surface area (Å²) < 4.78 is 0. The minimum absolute atomic E-state index is 0.190. The lowest BCUT2D eigenvalue weighted by molar-refractivity contribution is -0.384. The van der Waals surface area contributed by atoms with Crippen LogP contribution in [0.5, 0.6) is 0 Å². The first-order chi connectivity index (χ1) is 8.18. The van der Waals surface area contributed by atoms with Gasteiger partial charge in [0.1, 0.15) is 5.69 Å². The van der Waals surface area contributed by atoms with Gasteiger partial charge in [-0.2, -0.15) is 0 Å². The van der Waals surface area contributed by atoms with Crippen molar-refractivity contribution in [3.8, 4) is 0 Å². The maximum atomic E-state index is 11.0. The van der Waals surface area contributed by atoms with E-state index in [1.807, 2.05) is 13.0 Å². The number of nitro groups is 1. The van der Waals surface area contributed by atoms with Crippen LogP contribution in [0.15, 0.2) is 18.2 Å². The third kappa shape index (κ3) is 2.75. The van der Waals surface area contributed by atoms with Crippen molar-refractivity contribution >= 4 is 11.4 Å². The van der Waals surface area contributed by atoms with Crippen LogP contribution in [-0.4, -0.2) is 11.0 Å². The van der Waals surface area contributed by atoms with E-state index in [1.165, 1.54) is 19.3 Å². The number of benzene rings is 1. The van der Waals surface area contributed by atoms with Crippen molar-refractivity contribution in [2.75, 3.05) is 5.32 Å². The van der Waals surface area contributed by atoms with E-state index >= 15 is 0 Å². The largest absolute Gasteiger partial charge is 0.377 e. The van der Waals surface area contributed by atoms with E-state index in [0.717, 1.165) is 18.4 Å². The summed E-state index contributed by atoms with van der Waals surface area (Å²) in [5.41, 5.74) is 1.84. The van der Waals surface area contributed by atoms with Crippen LogP contribution in [0.2, 0.25) is 0 Å². The highest BCUT2D eigenvalue weighted by molar-refractivity contribution is 5.66. The zero-order chi connectivity index (χ0) is 12.3. The maximum absolute atomic E-state index is 11.0. The number of hydrogen-bond acceptors (Lipinski definition) is 3. The van der Waals surface area contributed by atoms with E-state index in [2.05, 4.69) is 5.32 Å². The Morgan fingerprint density at radius 1 is 1.29 bits per heavy atom. The predicted molar refractivity (Wildman–Crippen MR) is 68.3 cm³/mol. The number of rotatable bonds is 3. The lowest BCUT2D eigenvalue weighted by Gasteiger charge is -2.24. The van der Waals surface area contributed by atoms with Crippen LogP contribution in [0.3, 0.4) is 0 Å². The van der Waals surface area contributed by atoms with Gasteiger partial charge in [0.2, 0.25) is 0 Å². The molecule has 0 amide bonds. The standard InChI is InChI=1S/C13H18N2O2/c1-10-6-5-9-12(15(16)17)13(10)14-11-7-3-2-4-8-11/h5-6,9,11,14H,2-4,7-8H2,1H3. The molecule has 0 aromatic heterocycles. The molecule has 1 saturated carbocycles. The smallest absolute Gasteiger partial charge is 0.292 e. The molecule has 0 bridgehead atoms. The molecule has 1 aromatic rings. The van der Waals surface area contributed by atoms with Crippen molar-refractivity contribution in [1.82, 2.24) is 0 Å². The SMILES string of the molecule is Cc1cccc([N+](=O)[O-])c1NC1CCCCC1. The van der Waals surface area contributed by atoms with Crippen molar-refractivity contribution < 1.29 is 4.92 Å². The maximum Gasteiger partial charge on any atom is 0.292 e. The molecule has 0 heterocycles. The minimum Gasteiger partial charge on any atom is -0.377 e. The topological polar surface area (TPSA) is 55.2 Å². The molecule has 0 spiro atoms. The summed E-state index contributed by atoms with van der Waals surface area (Å²) in [6.07, 6.45) is 5.96. The molecule has 92 valence electrons. The van der Waals surface area contributed by atoms with Gasteiger partial charge in [-0.05, 0) is 25.3 Å². The molecule has 1 N–H and O–H groups in total. The molecule has 17 heavy (non-hydrogen) atoms. The molecule has 0 aliphatic heterocycles. The first kappa shape index (κ1) is 11.9. The number of para-hydroxylation sites is 1. The average Bonchev–Trinajstić information content (AvgIpc) is 2.33. The van der Waals surface area contributed by atoms with Gasteiger partial charge in [0.15, 0.2) is 0 Å². The number of anilines is 1. The lowest BCUT2D eigenvalue weighted by atomic mass is 9.95. The van der Waals surface area contributed by atoms with Gasteiger partial charge in [0, 0.05) is 12.1 Å². The highest BCUT2D eigenvalue weighted by Gasteiger charge is 2.20. The van der Waals surface area contributed by atoms with Crippen LogP contribution in [0.25, 0.3) is 0 Å². The fourth-order valence-corrected chi connectivity index (χ4v) is 2.44. The Bertz CT molecular complexity index is 412. The molecule has 0 saturated heterocycles. The first-order valence-corrected chi connectivity index (χ1v) is 6.19. The molecular formula is C13H18N2O2. The fourth-order valence-electron chi connectivity index (χ4n) is 2.44. The highest BCUT2D eigenvalue weighted by Crippen LogP contribution is 2.30.